The Bertz CT molecular complexity index is 757. The molecule has 128 valence electrons. The van der Waals surface area contributed by atoms with Crippen LogP contribution in [0, 0.1) is 10.1 Å². The van der Waals surface area contributed by atoms with Crippen molar-refractivity contribution in [1.29, 1.82) is 0 Å². The molecule has 0 N–H and O–H groups in total. The second kappa shape index (κ2) is 6.90. The van der Waals surface area contributed by atoms with Crippen LogP contribution in [0.2, 0.25) is 0 Å². The molecule has 0 fully saturated rings. The molecular formula is C17H16F3NO3. The van der Waals surface area contributed by atoms with Crippen molar-refractivity contribution in [2.24, 2.45) is 0 Å². The first-order chi connectivity index (χ1) is 11.3. The third kappa shape index (κ3) is 3.84. The molecule has 0 aliphatic heterocycles. The molecule has 2 aromatic carbocycles. The lowest BCUT2D eigenvalue weighted by Gasteiger charge is -2.12. The van der Waals surface area contributed by atoms with E-state index in [1.807, 2.05) is 19.9 Å². The van der Waals surface area contributed by atoms with Gasteiger partial charge in [-0.25, -0.2) is 0 Å². The number of halogens is 3. The van der Waals surface area contributed by atoms with Crippen molar-refractivity contribution in [1.82, 2.24) is 0 Å². The van der Waals surface area contributed by atoms with Gasteiger partial charge in [0.2, 0.25) is 5.75 Å². The summed E-state index contributed by atoms with van der Waals surface area (Å²) in [6.45, 7) is 3.98. The molecule has 4 nitrogen and oxygen atoms in total. The highest BCUT2D eigenvalue weighted by molar-refractivity contribution is 5.51. The number of aryl methyl sites for hydroxylation is 2. The predicted octanol–water partition coefficient (Wildman–Crippen LogP) is 5.53. The Morgan fingerprint density at radius 3 is 2.25 bits per heavy atom. The van der Waals surface area contributed by atoms with Crippen LogP contribution in [0.5, 0.6) is 11.5 Å². The molecule has 0 aliphatic carbocycles. The maximum Gasteiger partial charge on any atom is 0.416 e. The van der Waals surface area contributed by atoms with E-state index in [0.717, 1.165) is 36.1 Å². The van der Waals surface area contributed by atoms with Gasteiger partial charge in [-0.2, -0.15) is 13.2 Å². The van der Waals surface area contributed by atoms with Gasteiger partial charge in [0.25, 0.3) is 0 Å². The second-order valence-electron chi connectivity index (χ2n) is 5.18. The SMILES string of the molecule is CCc1ccc(Oc2ccc(C(F)(F)F)cc2[N+](=O)[O-])cc1CC. The van der Waals surface area contributed by atoms with Crippen LogP contribution in [0.1, 0.15) is 30.5 Å². The number of nitrogens with zero attached hydrogens (tertiary/aromatic N) is 1. The van der Waals surface area contributed by atoms with E-state index in [4.69, 9.17) is 4.74 Å². The van der Waals surface area contributed by atoms with Gasteiger partial charge < -0.3 is 4.74 Å². The van der Waals surface area contributed by atoms with Gasteiger partial charge in [0, 0.05) is 6.07 Å². The van der Waals surface area contributed by atoms with Crippen LogP contribution in [0.4, 0.5) is 18.9 Å². The Balaban J connectivity index is 2.41. The number of ether oxygens (including phenoxy) is 1. The van der Waals surface area contributed by atoms with Gasteiger partial charge in [0.15, 0.2) is 0 Å². The largest absolute Gasteiger partial charge is 0.450 e. The molecular weight excluding hydrogens is 323 g/mol. The fourth-order valence-electron chi connectivity index (χ4n) is 2.39. The zero-order valence-corrected chi connectivity index (χ0v) is 13.2. The molecule has 7 heteroatoms. The van der Waals surface area contributed by atoms with Gasteiger partial charge in [-0.05, 0) is 48.2 Å². The highest BCUT2D eigenvalue weighted by Gasteiger charge is 2.33. The second-order valence-corrected chi connectivity index (χ2v) is 5.18. The summed E-state index contributed by atoms with van der Waals surface area (Å²) in [6.07, 6.45) is -3.05. The normalized spacial score (nSPS) is 11.4. The summed E-state index contributed by atoms with van der Waals surface area (Å²) in [7, 11) is 0. The van der Waals surface area contributed by atoms with Crippen molar-refractivity contribution in [2.45, 2.75) is 32.9 Å². The lowest BCUT2D eigenvalue weighted by Crippen LogP contribution is -2.06. The molecule has 24 heavy (non-hydrogen) atoms. The number of hydrogen-bond acceptors (Lipinski definition) is 3. The third-order valence-electron chi connectivity index (χ3n) is 3.65. The lowest BCUT2D eigenvalue weighted by molar-refractivity contribution is -0.385. The first kappa shape index (κ1) is 17.8. The monoisotopic (exact) mass is 339 g/mol. The molecule has 0 heterocycles. The molecule has 0 saturated carbocycles. The van der Waals surface area contributed by atoms with Crippen LogP contribution in [0.25, 0.3) is 0 Å². The van der Waals surface area contributed by atoms with Crippen LogP contribution in [-0.4, -0.2) is 4.92 Å². The van der Waals surface area contributed by atoms with Gasteiger partial charge in [-0.3, -0.25) is 10.1 Å². The standard InChI is InChI=1S/C17H16F3NO3/c1-3-11-5-7-14(9-12(11)4-2)24-16-8-6-13(17(18,19)20)10-15(16)21(22)23/h5-10H,3-4H2,1-2H3. The van der Waals surface area contributed by atoms with E-state index in [9.17, 15) is 23.3 Å². The molecule has 0 aromatic heterocycles. The van der Waals surface area contributed by atoms with Crippen LogP contribution in [-0.2, 0) is 19.0 Å². The minimum absolute atomic E-state index is 0.223. The summed E-state index contributed by atoms with van der Waals surface area (Å²) in [5.74, 6) is 0.131. The highest BCUT2D eigenvalue weighted by atomic mass is 19.4. The first-order valence-corrected chi connectivity index (χ1v) is 7.41. The highest BCUT2D eigenvalue weighted by Crippen LogP contribution is 2.38. The Hall–Kier alpha value is -2.57. The van der Waals surface area contributed by atoms with Gasteiger partial charge in [-0.1, -0.05) is 19.9 Å². The Morgan fingerprint density at radius 2 is 1.71 bits per heavy atom. The molecule has 0 radical (unpaired) electrons. The zero-order valence-electron chi connectivity index (χ0n) is 13.2. The van der Waals surface area contributed by atoms with E-state index in [2.05, 4.69) is 0 Å². The van der Waals surface area contributed by atoms with Crippen molar-refractivity contribution in [3.8, 4) is 11.5 Å². The smallest absolute Gasteiger partial charge is 0.416 e. The Morgan fingerprint density at radius 1 is 1.04 bits per heavy atom. The number of alkyl halides is 3. The topological polar surface area (TPSA) is 52.4 Å². The van der Waals surface area contributed by atoms with Crippen molar-refractivity contribution < 1.29 is 22.8 Å². The van der Waals surface area contributed by atoms with Crippen molar-refractivity contribution in [3.05, 3.63) is 63.2 Å². The molecule has 0 aliphatic rings. The molecule has 0 atom stereocenters. The van der Waals surface area contributed by atoms with Crippen LogP contribution in [0.15, 0.2) is 36.4 Å². The summed E-state index contributed by atoms with van der Waals surface area (Å²) in [4.78, 5) is 10.2. The van der Waals surface area contributed by atoms with Gasteiger partial charge in [0.1, 0.15) is 5.75 Å². The van der Waals surface area contributed by atoms with E-state index in [1.54, 1.807) is 12.1 Å². The van der Waals surface area contributed by atoms with E-state index < -0.39 is 22.4 Å². The number of hydrogen-bond donors (Lipinski definition) is 0. The molecule has 2 rings (SSSR count). The third-order valence-corrected chi connectivity index (χ3v) is 3.65. The fourth-order valence-corrected chi connectivity index (χ4v) is 2.39. The van der Waals surface area contributed by atoms with E-state index in [1.165, 1.54) is 0 Å². The molecule has 0 spiro atoms. The summed E-state index contributed by atoms with van der Waals surface area (Å²) < 4.78 is 43.6. The maximum atomic E-state index is 12.7. The molecule has 0 bridgehead atoms. The average Bonchev–Trinajstić information content (AvgIpc) is 2.53. The van der Waals surface area contributed by atoms with E-state index >= 15 is 0 Å². The lowest BCUT2D eigenvalue weighted by atomic mass is 10.0. The number of rotatable bonds is 5. The summed E-state index contributed by atoms with van der Waals surface area (Å²) in [5.41, 5.74) is 0.357. The summed E-state index contributed by atoms with van der Waals surface area (Å²) >= 11 is 0. The van der Waals surface area contributed by atoms with Gasteiger partial charge in [0.05, 0.1) is 10.5 Å². The predicted molar refractivity (Wildman–Crippen MR) is 83.4 cm³/mol. The number of benzene rings is 2. The number of nitro groups is 1. The minimum Gasteiger partial charge on any atom is -0.450 e. The van der Waals surface area contributed by atoms with Crippen LogP contribution in [0.3, 0.4) is 0 Å². The van der Waals surface area contributed by atoms with Crippen molar-refractivity contribution >= 4 is 5.69 Å². The maximum absolute atomic E-state index is 12.7. The molecule has 0 unspecified atom stereocenters. The Labute approximate surface area is 137 Å². The average molecular weight is 339 g/mol. The van der Waals surface area contributed by atoms with Crippen LogP contribution < -0.4 is 4.74 Å². The summed E-state index contributed by atoms with van der Waals surface area (Å²) in [5, 5.41) is 11.1. The fraction of sp³-hybridized carbons (Fsp3) is 0.294. The molecule has 2 aromatic rings. The molecule has 0 amide bonds. The van der Waals surface area contributed by atoms with Gasteiger partial charge >= 0.3 is 11.9 Å². The van der Waals surface area contributed by atoms with E-state index in [-0.39, 0.29) is 5.75 Å². The number of nitro benzene ring substituents is 1. The zero-order chi connectivity index (χ0) is 17.9. The van der Waals surface area contributed by atoms with Gasteiger partial charge in [-0.15, -0.1) is 0 Å². The Kier molecular flexibility index (Phi) is 5.11. The summed E-state index contributed by atoms with van der Waals surface area (Å²) in [6, 6.07) is 7.48. The first-order valence-electron chi connectivity index (χ1n) is 7.41. The van der Waals surface area contributed by atoms with Crippen LogP contribution >= 0.6 is 0 Å². The minimum atomic E-state index is -4.65. The van der Waals surface area contributed by atoms with E-state index in [0.29, 0.717) is 11.8 Å². The van der Waals surface area contributed by atoms with Crippen molar-refractivity contribution in [3.63, 3.8) is 0 Å². The quantitative estimate of drug-likeness (QED) is 0.531. The molecule has 0 saturated heterocycles. The van der Waals surface area contributed by atoms with Crippen molar-refractivity contribution in [2.75, 3.05) is 0 Å².